The summed E-state index contributed by atoms with van der Waals surface area (Å²) >= 11 is 12.1. The smallest absolute Gasteiger partial charge is 0.231 e. The van der Waals surface area contributed by atoms with Crippen molar-refractivity contribution in [2.75, 3.05) is 23.5 Å². The van der Waals surface area contributed by atoms with Gasteiger partial charge >= 0.3 is 0 Å². The molecule has 0 saturated heterocycles. The van der Waals surface area contributed by atoms with Gasteiger partial charge in [-0.1, -0.05) is 43.5 Å². The molecule has 0 atom stereocenters. The normalized spacial score (nSPS) is 11.2. The van der Waals surface area contributed by atoms with Gasteiger partial charge in [-0.2, -0.15) is 5.26 Å². The highest BCUT2D eigenvalue weighted by molar-refractivity contribution is 7.92. The lowest BCUT2D eigenvalue weighted by molar-refractivity contribution is 0.341. The molecule has 1 aromatic heterocycles. The largest absolute Gasteiger partial charge is 0.489 e. The molecule has 1 heterocycles. The number of nitriles is 1. The summed E-state index contributed by atoms with van der Waals surface area (Å²) in [6.45, 7) is 4.31. The van der Waals surface area contributed by atoms with Crippen molar-refractivity contribution in [3.63, 3.8) is 0 Å². The van der Waals surface area contributed by atoms with E-state index in [2.05, 4.69) is 32.6 Å². The monoisotopic (exact) mass is 528 g/mol. The second-order valence-electron chi connectivity index (χ2n) is 8.06. The highest BCUT2D eigenvalue weighted by Crippen LogP contribution is 2.38. The van der Waals surface area contributed by atoms with Crippen molar-refractivity contribution < 1.29 is 13.2 Å². The Hall–Kier alpha value is -3.30. The zero-order valence-electron chi connectivity index (χ0n) is 19.3. The van der Waals surface area contributed by atoms with Crippen LogP contribution < -0.4 is 9.46 Å². The molecule has 2 aromatic carbocycles. The zero-order valence-corrected chi connectivity index (χ0v) is 21.6. The Morgan fingerprint density at radius 1 is 1.09 bits per heavy atom. The summed E-state index contributed by atoms with van der Waals surface area (Å²) < 4.78 is 30.9. The number of alkyl halides is 1. The summed E-state index contributed by atoms with van der Waals surface area (Å²) in [7, 11) is -3.51. The van der Waals surface area contributed by atoms with Gasteiger partial charge < -0.3 is 4.74 Å². The summed E-state index contributed by atoms with van der Waals surface area (Å²) in [6.07, 6.45) is 3.86. The van der Waals surface area contributed by atoms with E-state index in [-0.39, 0.29) is 24.0 Å². The third kappa shape index (κ3) is 6.64. The fourth-order valence-electron chi connectivity index (χ4n) is 3.27. The Morgan fingerprint density at radius 3 is 2.40 bits per heavy atom. The number of anilines is 1. The van der Waals surface area contributed by atoms with Crippen LogP contribution in [-0.4, -0.2) is 37.1 Å². The highest BCUT2D eigenvalue weighted by Gasteiger charge is 2.26. The third-order valence-electron chi connectivity index (χ3n) is 5.12. The number of rotatable bonds is 7. The average molecular weight is 529 g/mol. The molecule has 0 radical (unpaired) electrons. The number of hydrogen-bond donors (Lipinski definition) is 1. The maximum absolute atomic E-state index is 11.5. The molecule has 0 amide bonds. The van der Waals surface area contributed by atoms with Crippen LogP contribution >= 0.6 is 23.2 Å². The molecule has 7 nitrogen and oxygen atoms in total. The molecule has 1 N–H and O–H groups in total. The minimum absolute atomic E-state index is 0.0731. The van der Waals surface area contributed by atoms with E-state index in [1.54, 1.807) is 12.1 Å². The Kier molecular flexibility index (Phi) is 8.24. The van der Waals surface area contributed by atoms with E-state index < -0.39 is 15.4 Å². The predicted molar refractivity (Wildman–Crippen MR) is 137 cm³/mol. The van der Waals surface area contributed by atoms with E-state index >= 15 is 0 Å². The van der Waals surface area contributed by atoms with Crippen molar-refractivity contribution in [1.29, 1.82) is 5.26 Å². The van der Waals surface area contributed by atoms with Gasteiger partial charge in [0.2, 0.25) is 10.0 Å². The highest BCUT2D eigenvalue weighted by atomic mass is 35.5. The number of ether oxygens (including phenoxy) is 1. The molecule has 0 aliphatic rings. The Balaban J connectivity index is 1.89. The molecule has 0 unspecified atom stereocenters. The van der Waals surface area contributed by atoms with Crippen LogP contribution in [0.4, 0.5) is 5.82 Å². The molecule has 10 heteroatoms. The quantitative estimate of drug-likeness (QED) is 0.351. The van der Waals surface area contributed by atoms with Crippen LogP contribution in [0.1, 0.15) is 41.8 Å². The Morgan fingerprint density at radius 2 is 1.77 bits per heavy atom. The SMILES string of the molecule is CC(C)(c1ccc(C#Cc2nccnc2NS(C)(=O)=O)cc1)c1cc(Cl)c(OCCCl)c(C#N)c1. The second-order valence-corrected chi connectivity index (χ2v) is 10.6. The van der Waals surface area contributed by atoms with Crippen molar-refractivity contribution in [3.05, 3.63) is 81.8 Å². The van der Waals surface area contributed by atoms with E-state index in [4.69, 9.17) is 27.9 Å². The number of sulfonamides is 1. The molecule has 0 bridgehead atoms. The fraction of sp³-hybridized carbons (Fsp3) is 0.240. The van der Waals surface area contributed by atoms with Gasteiger partial charge in [0.1, 0.15) is 12.7 Å². The fourth-order valence-corrected chi connectivity index (χ4v) is 4.12. The molecular formula is C25H22Cl2N4O3S. The standard InChI is InChI=1S/C25H22Cl2N4O3S/c1-25(2,20-14-18(16-28)23(21(27)15-20)34-13-10-26)19-7-4-17(5-8-19)6-9-22-24(30-12-11-29-22)31-35(3,32)33/h4-5,7-8,11-12,14-15H,10,13H2,1-3H3,(H,30,31). The van der Waals surface area contributed by atoms with Gasteiger partial charge in [0, 0.05) is 23.4 Å². The molecule has 0 aliphatic carbocycles. The first-order chi connectivity index (χ1) is 16.5. The van der Waals surface area contributed by atoms with Gasteiger partial charge in [-0.3, -0.25) is 4.72 Å². The molecule has 180 valence electrons. The number of benzene rings is 2. The summed E-state index contributed by atoms with van der Waals surface area (Å²) in [5.74, 6) is 6.53. The predicted octanol–water partition coefficient (Wildman–Crippen LogP) is 4.72. The Bertz CT molecular complexity index is 1440. The van der Waals surface area contributed by atoms with Crippen LogP contribution in [-0.2, 0) is 15.4 Å². The molecular weight excluding hydrogens is 507 g/mol. The van der Waals surface area contributed by atoms with Gasteiger partial charge in [0.05, 0.1) is 22.7 Å². The molecule has 0 aliphatic heterocycles. The lowest BCUT2D eigenvalue weighted by Gasteiger charge is -2.27. The number of nitrogens with one attached hydrogen (secondary N) is 1. The average Bonchev–Trinajstić information content (AvgIpc) is 2.81. The number of aromatic nitrogens is 2. The molecule has 3 aromatic rings. The molecule has 3 rings (SSSR count). The third-order valence-corrected chi connectivity index (χ3v) is 6.12. The van der Waals surface area contributed by atoms with Gasteiger partial charge in [0.15, 0.2) is 17.3 Å². The van der Waals surface area contributed by atoms with Crippen molar-refractivity contribution in [2.24, 2.45) is 0 Å². The first-order valence-electron chi connectivity index (χ1n) is 10.4. The molecule has 35 heavy (non-hydrogen) atoms. The van der Waals surface area contributed by atoms with E-state index in [0.29, 0.717) is 21.9 Å². The topological polar surface area (TPSA) is 105 Å². The van der Waals surface area contributed by atoms with Crippen molar-refractivity contribution in [3.8, 4) is 23.7 Å². The van der Waals surface area contributed by atoms with Gasteiger partial charge in [-0.25, -0.2) is 18.4 Å². The van der Waals surface area contributed by atoms with Crippen LogP contribution in [0, 0.1) is 23.2 Å². The maximum Gasteiger partial charge on any atom is 0.231 e. The van der Waals surface area contributed by atoms with Crippen molar-refractivity contribution >= 4 is 39.0 Å². The number of nitrogens with zero attached hydrogens (tertiary/aromatic N) is 3. The van der Waals surface area contributed by atoms with E-state index in [1.807, 2.05) is 38.1 Å². The van der Waals surface area contributed by atoms with Gasteiger partial charge in [-0.15, -0.1) is 11.6 Å². The molecule has 0 fully saturated rings. The van der Waals surface area contributed by atoms with Crippen LogP contribution in [0.5, 0.6) is 5.75 Å². The molecule has 0 saturated carbocycles. The zero-order chi connectivity index (χ0) is 25.6. The first-order valence-corrected chi connectivity index (χ1v) is 13.2. The number of hydrogen-bond acceptors (Lipinski definition) is 6. The number of halogens is 2. The summed E-state index contributed by atoms with van der Waals surface area (Å²) in [4.78, 5) is 8.10. The maximum atomic E-state index is 11.5. The van der Waals surface area contributed by atoms with Gasteiger partial charge in [0.25, 0.3) is 0 Å². The van der Waals surface area contributed by atoms with Crippen LogP contribution in [0.15, 0.2) is 48.8 Å². The van der Waals surface area contributed by atoms with Gasteiger partial charge in [-0.05, 0) is 41.3 Å². The lowest BCUT2D eigenvalue weighted by Crippen LogP contribution is -2.19. The summed E-state index contributed by atoms with van der Waals surface area (Å²) in [5, 5.41) is 9.94. The van der Waals surface area contributed by atoms with E-state index in [1.165, 1.54) is 12.4 Å². The van der Waals surface area contributed by atoms with E-state index in [0.717, 1.165) is 17.4 Å². The summed E-state index contributed by atoms with van der Waals surface area (Å²) in [5.41, 5.74) is 2.64. The van der Waals surface area contributed by atoms with Crippen LogP contribution in [0.25, 0.3) is 0 Å². The second kappa shape index (κ2) is 11.0. The summed E-state index contributed by atoms with van der Waals surface area (Å²) in [6, 6.07) is 13.3. The van der Waals surface area contributed by atoms with Crippen LogP contribution in [0.2, 0.25) is 5.02 Å². The van der Waals surface area contributed by atoms with Crippen LogP contribution in [0.3, 0.4) is 0 Å². The Labute approximate surface area is 215 Å². The molecule has 0 spiro atoms. The minimum atomic E-state index is -3.51. The minimum Gasteiger partial charge on any atom is -0.489 e. The first kappa shape index (κ1) is 26.3. The van der Waals surface area contributed by atoms with Crippen molar-refractivity contribution in [2.45, 2.75) is 19.3 Å². The van der Waals surface area contributed by atoms with E-state index in [9.17, 15) is 13.7 Å². The lowest BCUT2D eigenvalue weighted by atomic mass is 9.77. The van der Waals surface area contributed by atoms with Crippen molar-refractivity contribution in [1.82, 2.24) is 9.97 Å².